The van der Waals surface area contributed by atoms with Crippen molar-refractivity contribution in [1.82, 2.24) is 25.8 Å². The van der Waals surface area contributed by atoms with Gasteiger partial charge >= 0.3 is 0 Å². The molecule has 2 atom stereocenters. The van der Waals surface area contributed by atoms with E-state index in [9.17, 15) is 14.4 Å². The standard InChI is InChI=1S/C27H38ClN5O4S/c1-5-33(6-2)16-17(3)26(35)29-15-23(19-9-11-37-12-10-19)32-27(36)22(30-18(4)34)14-25-31-21-8-7-20(28)13-24(21)38-25/h7-8,13,19,22-23H,3,5-6,9-12,14-16H2,1-2,4H3,(H,29,35)(H,30,34)(H,32,36)/t22-,23+/m0/s1. The first-order chi connectivity index (χ1) is 18.2. The summed E-state index contributed by atoms with van der Waals surface area (Å²) in [4.78, 5) is 44.9. The molecule has 2 aromatic rings. The maximum absolute atomic E-state index is 13.5. The van der Waals surface area contributed by atoms with Crippen molar-refractivity contribution < 1.29 is 19.1 Å². The van der Waals surface area contributed by atoms with Gasteiger partial charge < -0.3 is 20.7 Å². The molecule has 1 aliphatic heterocycles. The zero-order valence-electron chi connectivity index (χ0n) is 22.3. The molecular formula is C27H38ClN5O4S. The fraction of sp³-hybridized carbons (Fsp3) is 0.556. The number of ether oxygens (including phenoxy) is 1. The van der Waals surface area contributed by atoms with E-state index in [-0.39, 0.29) is 42.6 Å². The number of rotatable bonds is 13. The summed E-state index contributed by atoms with van der Waals surface area (Å²) in [6, 6.07) is 4.32. The average molecular weight is 564 g/mol. The molecular weight excluding hydrogens is 526 g/mol. The van der Waals surface area contributed by atoms with Crippen LogP contribution in [0.15, 0.2) is 30.4 Å². The van der Waals surface area contributed by atoms with Crippen LogP contribution in [-0.4, -0.2) is 79.1 Å². The summed E-state index contributed by atoms with van der Waals surface area (Å²) in [5.74, 6) is -0.718. The molecule has 3 rings (SSSR count). The van der Waals surface area contributed by atoms with Crippen molar-refractivity contribution in [3.05, 3.63) is 40.4 Å². The van der Waals surface area contributed by atoms with Crippen LogP contribution in [0.3, 0.4) is 0 Å². The minimum Gasteiger partial charge on any atom is -0.381 e. The Hall–Kier alpha value is -2.53. The molecule has 0 spiro atoms. The second-order valence-electron chi connectivity index (χ2n) is 9.52. The third-order valence-electron chi connectivity index (χ3n) is 6.74. The molecule has 0 unspecified atom stereocenters. The second kappa shape index (κ2) is 14.6. The number of carbonyl (C=O) groups excluding carboxylic acids is 3. The Morgan fingerprint density at radius 2 is 1.92 bits per heavy atom. The van der Waals surface area contributed by atoms with Gasteiger partial charge in [0.1, 0.15) is 6.04 Å². The van der Waals surface area contributed by atoms with Gasteiger partial charge in [0, 0.05) is 56.3 Å². The van der Waals surface area contributed by atoms with Gasteiger partial charge in [0.05, 0.1) is 15.2 Å². The largest absolute Gasteiger partial charge is 0.381 e. The molecule has 1 aromatic carbocycles. The zero-order valence-corrected chi connectivity index (χ0v) is 23.9. The highest BCUT2D eigenvalue weighted by Gasteiger charge is 2.30. The van der Waals surface area contributed by atoms with Crippen LogP contribution in [0, 0.1) is 5.92 Å². The molecule has 1 aromatic heterocycles. The first-order valence-corrected chi connectivity index (χ1v) is 14.3. The molecule has 1 fully saturated rings. The van der Waals surface area contributed by atoms with Gasteiger partial charge in [0.2, 0.25) is 17.7 Å². The van der Waals surface area contributed by atoms with E-state index in [0.717, 1.165) is 41.2 Å². The Morgan fingerprint density at radius 3 is 2.58 bits per heavy atom. The van der Waals surface area contributed by atoms with Crippen molar-refractivity contribution in [3.8, 4) is 0 Å². The number of thiazole rings is 1. The molecule has 38 heavy (non-hydrogen) atoms. The van der Waals surface area contributed by atoms with Gasteiger partial charge in [-0.15, -0.1) is 11.3 Å². The Morgan fingerprint density at radius 1 is 1.21 bits per heavy atom. The monoisotopic (exact) mass is 563 g/mol. The van der Waals surface area contributed by atoms with E-state index in [1.165, 1.54) is 18.3 Å². The first-order valence-electron chi connectivity index (χ1n) is 13.1. The van der Waals surface area contributed by atoms with Crippen molar-refractivity contribution in [2.45, 2.75) is 52.1 Å². The van der Waals surface area contributed by atoms with E-state index in [0.29, 0.717) is 30.4 Å². The van der Waals surface area contributed by atoms with Crippen LogP contribution < -0.4 is 16.0 Å². The summed E-state index contributed by atoms with van der Waals surface area (Å²) in [5.41, 5.74) is 1.28. The molecule has 11 heteroatoms. The number of likely N-dealkylation sites (N-methyl/N-ethyl adjacent to an activating group) is 1. The highest BCUT2D eigenvalue weighted by molar-refractivity contribution is 7.18. The van der Waals surface area contributed by atoms with Gasteiger partial charge in [-0.25, -0.2) is 4.98 Å². The maximum Gasteiger partial charge on any atom is 0.247 e. The van der Waals surface area contributed by atoms with Gasteiger partial charge in [0.25, 0.3) is 0 Å². The lowest BCUT2D eigenvalue weighted by molar-refractivity contribution is -0.129. The quantitative estimate of drug-likeness (QED) is 0.323. The van der Waals surface area contributed by atoms with Crippen LogP contribution in [0.1, 0.15) is 38.6 Å². The lowest BCUT2D eigenvalue weighted by atomic mass is 9.91. The number of hydrogen-bond acceptors (Lipinski definition) is 7. The van der Waals surface area contributed by atoms with Gasteiger partial charge in [-0.2, -0.15) is 0 Å². The molecule has 3 N–H and O–H groups in total. The predicted octanol–water partition coefficient (Wildman–Crippen LogP) is 2.92. The lowest BCUT2D eigenvalue weighted by Crippen LogP contribution is -2.55. The Bertz CT molecular complexity index is 1130. The number of carbonyl (C=O) groups is 3. The van der Waals surface area contributed by atoms with Gasteiger partial charge in [-0.3, -0.25) is 19.3 Å². The van der Waals surface area contributed by atoms with Crippen LogP contribution in [0.2, 0.25) is 5.02 Å². The Kier molecular flexibility index (Phi) is 11.5. The topological polar surface area (TPSA) is 113 Å². The smallest absolute Gasteiger partial charge is 0.247 e. The lowest BCUT2D eigenvalue weighted by Gasteiger charge is -2.32. The zero-order chi connectivity index (χ0) is 27.7. The van der Waals surface area contributed by atoms with E-state index < -0.39 is 6.04 Å². The normalized spacial score (nSPS) is 15.7. The number of fused-ring (bicyclic) bond motifs is 1. The van der Waals surface area contributed by atoms with Crippen LogP contribution in [0.25, 0.3) is 10.2 Å². The fourth-order valence-electron chi connectivity index (χ4n) is 4.52. The van der Waals surface area contributed by atoms with Crippen LogP contribution in [0.5, 0.6) is 0 Å². The highest BCUT2D eigenvalue weighted by Crippen LogP contribution is 2.26. The number of nitrogens with zero attached hydrogens (tertiary/aromatic N) is 2. The molecule has 1 aliphatic rings. The molecule has 0 radical (unpaired) electrons. The summed E-state index contributed by atoms with van der Waals surface area (Å²) in [6.45, 7) is 13.0. The molecule has 2 heterocycles. The molecule has 208 valence electrons. The summed E-state index contributed by atoms with van der Waals surface area (Å²) in [7, 11) is 0. The van der Waals surface area contributed by atoms with Crippen molar-refractivity contribution in [2.75, 3.05) is 39.4 Å². The van der Waals surface area contributed by atoms with Crippen molar-refractivity contribution >= 4 is 50.9 Å². The second-order valence-corrected chi connectivity index (χ2v) is 11.1. The fourth-order valence-corrected chi connectivity index (χ4v) is 5.81. The Balaban J connectivity index is 1.70. The van der Waals surface area contributed by atoms with E-state index in [1.807, 2.05) is 26.0 Å². The minimum atomic E-state index is -0.806. The number of aromatic nitrogens is 1. The van der Waals surface area contributed by atoms with E-state index in [4.69, 9.17) is 16.3 Å². The highest BCUT2D eigenvalue weighted by atomic mass is 35.5. The van der Waals surface area contributed by atoms with E-state index in [2.05, 4.69) is 32.4 Å². The van der Waals surface area contributed by atoms with Gasteiger partial charge in [-0.05, 0) is 50.0 Å². The predicted molar refractivity (Wildman–Crippen MR) is 151 cm³/mol. The summed E-state index contributed by atoms with van der Waals surface area (Å²) < 4.78 is 6.43. The summed E-state index contributed by atoms with van der Waals surface area (Å²) in [5, 5.41) is 10.2. The average Bonchev–Trinajstić information content (AvgIpc) is 3.30. The molecule has 3 amide bonds. The molecule has 1 saturated heterocycles. The summed E-state index contributed by atoms with van der Waals surface area (Å²) >= 11 is 7.55. The van der Waals surface area contributed by atoms with Crippen molar-refractivity contribution in [3.63, 3.8) is 0 Å². The summed E-state index contributed by atoms with van der Waals surface area (Å²) in [6.07, 6.45) is 1.78. The molecule has 0 bridgehead atoms. The van der Waals surface area contributed by atoms with Crippen LogP contribution in [0.4, 0.5) is 0 Å². The van der Waals surface area contributed by atoms with Crippen LogP contribution >= 0.6 is 22.9 Å². The third kappa shape index (κ3) is 8.76. The number of nitrogens with one attached hydrogen (secondary N) is 3. The van der Waals surface area contributed by atoms with Gasteiger partial charge in [-0.1, -0.05) is 32.0 Å². The minimum absolute atomic E-state index is 0.131. The number of halogens is 1. The first kappa shape index (κ1) is 30.0. The van der Waals surface area contributed by atoms with Gasteiger partial charge in [0.15, 0.2) is 0 Å². The van der Waals surface area contributed by atoms with Crippen molar-refractivity contribution in [1.29, 1.82) is 0 Å². The van der Waals surface area contributed by atoms with Crippen molar-refractivity contribution in [2.24, 2.45) is 5.92 Å². The number of amides is 3. The number of hydrogen-bond donors (Lipinski definition) is 3. The number of benzene rings is 1. The molecule has 0 saturated carbocycles. The van der Waals surface area contributed by atoms with Crippen LogP contribution in [-0.2, 0) is 25.5 Å². The molecule has 9 nitrogen and oxygen atoms in total. The van der Waals surface area contributed by atoms with E-state index >= 15 is 0 Å². The third-order valence-corrected chi connectivity index (χ3v) is 8.02. The maximum atomic E-state index is 13.5. The molecule has 0 aliphatic carbocycles. The SMILES string of the molecule is C=C(CN(CC)CC)C(=O)NC[C@@H](NC(=O)[C@H](Cc1nc2ccc(Cl)cc2s1)NC(C)=O)C1CCOCC1. The van der Waals surface area contributed by atoms with E-state index in [1.54, 1.807) is 6.07 Å². The Labute approximate surface area is 233 Å².